The number of nitrogens with two attached hydrogens (primary N) is 3. The first-order valence-corrected chi connectivity index (χ1v) is 6.40. The zero-order valence-corrected chi connectivity index (χ0v) is 12.8. The van der Waals surface area contributed by atoms with Gasteiger partial charge in [0.1, 0.15) is 18.1 Å². The van der Waals surface area contributed by atoms with Gasteiger partial charge in [0.2, 0.25) is 0 Å². The van der Waals surface area contributed by atoms with Gasteiger partial charge in [-0.3, -0.25) is 14.4 Å². The van der Waals surface area contributed by atoms with E-state index in [0.717, 1.165) is 0 Å². The third kappa shape index (κ3) is 16.6. The van der Waals surface area contributed by atoms with Gasteiger partial charge < -0.3 is 42.7 Å². The first-order chi connectivity index (χ1) is 9.91. The Kier molecular flexibility index (Phi) is 16.8. The molecule has 0 fully saturated rings. The molecule has 0 saturated carbocycles. The third-order valence-corrected chi connectivity index (χ3v) is 2.23. The van der Waals surface area contributed by atoms with Crippen molar-refractivity contribution in [1.29, 1.82) is 0 Å². The first-order valence-electron chi connectivity index (χ1n) is 5.77. The van der Waals surface area contributed by atoms with Crippen LogP contribution in [0.2, 0.25) is 0 Å². The molecule has 22 heavy (non-hydrogen) atoms. The Hall–Kier alpha value is -1.44. The predicted molar refractivity (Wildman–Crippen MR) is 79.5 cm³/mol. The Bertz CT molecular complexity index is 322. The lowest BCUT2D eigenvalue weighted by molar-refractivity contribution is -0.141. The number of aliphatic carboxylic acids is 3. The molecule has 4 atom stereocenters. The number of hydrogen-bond acceptors (Lipinski definition) is 9. The molecule has 0 aromatic rings. The number of carbonyl (C=O) groups is 3. The second-order valence-electron chi connectivity index (χ2n) is 3.86. The molecule has 0 aliphatic carbocycles. The van der Waals surface area contributed by atoms with E-state index in [-0.39, 0.29) is 5.75 Å². The molecule has 0 aromatic carbocycles. The van der Waals surface area contributed by atoms with E-state index < -0.39 is 48.7 Å². The standard InChI is InChI=1S/C4H9NO3.C3H7NO3.C3H7NO2S/c1-2(6)3(5)4(7)8;4-2(1-5)3(6)7;4-2(1-7)3(5)6/h2-3,6H,5H2,1H3,(H,7,8);2,5H,1,4H2,(H,6,7);2,7H,1,4H2,(H,5,6). The van der Waals surface area contributed by atoms with E-state index in [1.807, 2.05) is 0 Å². The van der Waals surface area contributed by atoms with E-state index >= 15 is 0 Å². The summed E-state index contributed by atoms with van der Waals surface area (Å²) in [6.07, 6.45) is -0.979. The van der Waals surface area contributed by atoms with Crippen LogP contribution in [0.1, 0.15) is 6.92 Å². The van der Waals surface area contributed by atoms with Crippen LogP contribution in [0, 0.1) is 0 Å². The van der Waals surface area contributed by atoms with Gasteiger partial charge in [-0.25, -0.2) is 0 Å². The van der Waals surface area contributed by atoms with Gasteiger partial charge in [0.05, 0.1) is 12.7 Å². The fourth-order valence-corrected chi connectivity index (χ4v) is 0.519. The van der Waals surface area contributed by atoms with Crippen LogP contribution in [-0.4, -0.2) is 80.0 Å². The maximum atomic E-state index is 9.86. The number of rotatable bonds is 6. The molecule has 0 aliphatic heterocycles. The average Bonchev–Trinajstić information content (AvgIpc) is 2.45. The van der Waals surface area contributed by atoms with Crippen LogP contribution in [0.5, 0.6) is 0 Å². The van der Waals surface area contributed by atoms with Crippen molar-refractivity contribution in [1.82, 2.24) is 0 Å². The lowest BCUT2D eigenvalue weighted by Crippen LogP contribution is -2.39. The summed E-state index contributed by atoms with van der Waals surface area (Å²) >= 11 is 3.65. The van der Waals surface area contributed by atoms with Crippen molar-refractivity contribution in [2.75, 3.05) is 12.4 Å². The fraction of sp³-hybridized carbons (Fsp3) is 0.700. The van der Waals surface area contributed by atoms with Gasteiger partial charge in [0, 0.05) is 5.75 Å². The summed E-state index contributed by atoms with van der Waals surface area (Å²) < 4.78 is 0. The van der Waals surface area contributed by atoms with E-state index in [0.29, 0.717) is 0 Å². The van der Waals surface area contributed by atoms with Gasteiger partial charge in [0.15, 0.2) is 0 Å². The Balaban J connectivity index is -0.000000247. The predicted octanol–water partition coefficient (Wildman–Crippen LogP) is -3.50. The van der Waals surface area contributed by atoms with Gasteiger partial charge >= 0.3 is 17.9 Å². The zero-order chi connectivity index (χ0) is 18.5. The van der Waals surface area contributed by atoms with E-state index in [2.05, 4.69) is 12.6 Å². The highest BCUT2D eigenvalue weighted by Gasteiger charge is 2.16. The molecular formula is C10H23N3O8S. The zero-order valence-electron chi connectivity index (χ0n) is 11.9. The summed E-state index contributed by atoms with van der Waals surface area (Å²) in [6, 6.07) is -3.10. The van der Waals surface area contributed by atoms with Crippen LogP contribution in [0.25, 0.3) is 0 Å². The molecule has 0 heterocycles. The minimum atomic E-state index is -1.18. The van der Waals surface area contributed by atoms with Gasteiger partial charge in [-0.1, -0.05) is 0 Å². The third-order valence-electron chi connectivity index (χ3n) is 1.83. The highest BCUT2D eigenvalue weighted by Crippen LogP contribution is 1.85. The van der Waals surface area contributed by atoms with Crippen LogP contribution in [0.3, 0.4) is 0 Å². The number of thiol groups is 1. The molecule has 4 unspecified atom stereocenters. The van der Waals surface area contributed by atoms with Crippen LogP contribution in [-0.2, 0) is 14.4 Å². The molecule has 12 heteroatoms. The highest BCUT2D eigenvalue weighted by atomic mass is 32.1. The Morgan fingerprint density at radius 1 is 0.955 bits per heavy atom. The normalized spacial score (nSPS) is 14.9. The van der Waals surface area contributed by atoms with Gasteiger partial charge in [0.25, 0.3) is 0 Å². The number of hydrogen-bond donors (Lipinski definition) is 9. The smallest absolute Gasteiger partial charge is 0.323 e. The molecule has 0 amide bonds. The topological polar surface area (TPSA) is 230 Å². The summed E-state index contributed by atoms with van der Waals surface area (Å²) in [5, 5.41) is 40.5. The fourth-order valence-electron chi connectivity index (χ4n) is 0.363. The molecule has 11 N–H and O–H groups in total. The summed E-state index contributed by atoms with van der Waals surface area (Å²) in [5.41, 5.74) is 14.6. The first kappa shape index (κ1) is 25.5. The molecule has 11 nitrogen and oxygen atoms in total. The molecule has 0 aliphatic rings. The molecule has 0 bridgehead atoms. The van der Waals surface area contributed by atoms with Crippen molar-refractivity contribution in [3.8, 4) is 0 Å². The van der Waals surface area contributed by atoms with E-state index in [1.165, 1.54) is 6.92 Å². The van der Waals surface area contributed by atoms with Gasteiger partial charge in [-0.05, 0) is 6.92 Å². The lowest BCUT2D eigenvalue weighted by atomic mass is 10.2. The second-order valence-corrected chi connectivity index (χ2v) is 4.22. The van der Waals surface area contributed by atoms with Gasteiger partial charge in [-0.15, -0.1) is 0 Å². The summed E-state index contributed by atoms with van der Waals surface area (Å²) in [6.45, 7) is 0.827. The van der Waals surface area contributed by atoms with E-state index in [1.54, 1.807) is 0 Å². The highest BCUT2D eigenvalue weighted by molar-refractivity contribution is 7.80. The molecule has 0 radical (unpaired) electrons. The van der Waals surface area contributed by atoms with E-state index in [4.69, 9.17) is 42.7 Å². The summed E-state index contributed by atoms with van der Waals surface area (Å²) in [4.78, 5) is 29.3. The molecular weight excluding hydrogens is 322 g/mol. The summed E-state index contributed by atoms with van der Waals surface area (Å²) in [5.74, 6) is -3.17. The largest absolute Gasteiger partial charge is 0.480 e. The molecule has 0 spiro atoms. The van der Waals surface area contributed by atoms with Crippen molar-refractivity contribution in [2.45, 2.75) is 31.2 Å². The van der Waals surface area contributed by atoms with Crippen molar-refractivity contribution < 1.29 is 39.9 Å². The van der Waals surface area contributed by atoms with Crippen LogP contribution >= 0.6 is 12.6 Å². The number of carboxylic acid groups (broad SMARTS) is 3. The van der Waals surface area contributed by atoms with E-state index in [9.17, 15) is 14.4 Å². The second kappa shape index (κ2) is 14.5. The van der Waals surface area contributed by atoms with Crippen LogP contribution in [0.4, 0.5) is 0 Å². The lowest BCUT2D eigenvalue weighted by Gasteiger charge is -2.06. The molecule has 0 saturated heterocycles. The SMILES string of the molecule is CC(O)C(N)C(=O)O.NC(CO)C(=O)O.NC(CS)C(=O)O. The van der Waals surface area contributed by atoms with Crippen molar-refractivity contribution in [3.63, 3.8) is 0 Å². The minimum absolute atomic E-state index is 0.190. The number of aliphatic hydroxyl groups is 2. The monoisotopic (exact) mass is 345 g/mol. The Morgan fingerprint density at radius 3 is 1.32 bits per heavy atom. The van der Waals surface area contributed by atoms with Crippen molar-refractivity contribution in [2.24, 2.45) is 17.2 Å². The maximum absolute atomic E-state index is 9.86. The Labute approximate surface area is 132 Å². The van der Waals surface area contributed by atoms with Crippen molar-refractivity contribution in [3.05, 3.63) is 0 Å². The quantitative estimate of drug-likeness (QED) is 0.214. The average molecular weight is 345 g/mol. The Morgan fingerprint density at radius 2 is 1.32 bits per heavy atom. The summed E-state index contributed by atoms with van der Waals surface area (Å²) in [7, 11) is 0. The van der Waals surface area contributed by atoms with Crippen LogP contribution in [0.15, 0.2) is 0 Å². The minimum Gasteiger partial charge on any atom is -0.480 e. The van der Waals surface area contributed by atoms with Crippen molar-refractivity contribution >= 4 is 30.5 Å². The molecule has 0 aromatic heterocycles. The molecule has 0 rings (SSSR count). The molecule has 132 valence electrons. The van der Waals surface area contributed by atoms with Gasteiger partial charge in [-0.2, -0.15) is 12.6 Å². The van der Waals surface area contributed by atoms with Crippen LogP contribution < -0.4 is 17.2 Å². The maximum Gasteiger partial charge on any atom is 0.323 e. The number of aliphatic hydroxyl groups excluding tert-OH is 2. The number of carboxylic acids is 3.